The molecule has 1 aliphatic heterocycles. The van der Waals surface area contributed by atoms with Gasteiger partial charge in [-0.3, -0.25) is 9.69 Å². The molecule has 0 bridgehead atoms. The Labute approximate surface area is 132 Å². The Kier molecular flexibility index (Phi) is 6.19. The molecule has 0 radical (unpaired) electrons. The zero-order valence-corrected chi connectivity index (χ0v) is 14.2. The minimum Gasteiger partial charge on any atom is -0.481 e. The number of amides is 1. The molecule has 1 saturated heterocycles. The van der Waals surface area contributed by atoms with Gasteiger partial charge < -0.3 is 19.5 Å². The maximum absolute atomic E-state index is 12.0. The van der Waals surface area contributed by atoms with Crippen LogP contribution in [0.4, 0.5) is 4.79 Å². The number of carboxylic acids is 1. The van der Waals surface area contributed by atoms with Gasteiger partial charge in [0, 0.05) is 33.4 Å². The molecular formula is C15H28N2O5. The van der Waals surface area contributed by atoms with Gasteiger partial charge in [0.1, 0.15) is 5.60 Å². The Bertz CT molecular complexity index is 399. The third-order valence-corrected chi connectivity index (χ3v) is 3.75. The largest absolute Gasteiger partial charge is 0.481 e. The predicted molar refractivity (Wildman–Crippen MR) is 81.9 cm³/mol. The van der Waals surface area contributed by atoms with Crippen molar-refractivity contribution in [1.29, 1.82) is 0 Å². The summed E-state index contributed by atoms with van der Waals surface area (Å²) in [5.41, 5.74) is -1.07. The van der Waals surface area contributed by atoms with Gasteiger partial charge in [-0.15, -0.1) is 0 Å². The summed E-state index contributed by atoms with van der Waals surface area (Å²) in [5.74, 6) is -0.859. The van der Waals surface area contributed by atoms with E-state index in [1.165, 1.54) is 0 Å². The van der Waals surface area contributed by atoms with Crippen LogP contribution in [-0.2, 0) is 14.3 Å². The average molecular weight is 316 g/mol. The van der Waals surface area contributed by atoms with Gasteiger partial charge in [0.05, 0.1) is 12.0 Å². The summed E-state index contributed by atoms with van der Waals surface area (Å²) in [4.78, 5) is 26.7. The first-order valence-electron chi connectivity index (χ1n) is 7.49. The second kappa shape index (κ2) is 7.28. The number of likely N-dealkylation sites (tertiary alicyclic amines) is 1. The minimum absolute atomic E-state index is 0.00970. The maximum Gasteiger partial charge on any atom is 0.410 e. The number of likely N-dealkylation sites (N-methyl/N-ethyl adjacent to an activating group) is 1. The van der Waals surface area contributed by atoms with Crippen LogP contribution in [0.15, 0.2) is 0 Å². The normalized spacial score (nSPS) is 17.3. The number of carboxylic acid groups (broad SMARTS) is 1. The summed E-state index contributed by atoms with van der Waals surface area (Å²) in [6.07, 6.45) is 0.440. The van der Waals surface area contributed by atoms with Crippen LogP contribution in [0, 0.1) is 0 Å². The second-order valence-electron chi connectivity index (χ2n) is 6.90. The van der Waals surface area contributed by atoms with Gasteiger partial charge in [0.25, 0.3) is 0 Å². The van der Waals surface area contributed by atoms with Crippen LogP contribution in [0.1, 0.15) is 33.6 Å². The van der Waals surface area contributed by atoms with Gasteiger partial charge in [-0.05, 0) is 34.2 Å². The number of carbonyl (C=O) groups excluding carboxylic acids is 1. The Morgan fingerprint density at radius 3 is 2.36 bits per heavy atom. The molecule has 1 heterocycles. The van der Waals surface area contributed by atoms with Crippen LogP contribution in [0.25, 0.3) is 0 Å². The van der Waals surface area contributed by atoms with Crippen LogP contribution in [0.2, 0.25) is 0 Å². The van der Waals surface area contributed by atoms with Crippen molar-refractivity contribution in [3.63, 3.8) is 0 Å². The molecule has 0 spiro atoms. The van der Waals surface area contributed by atoms with Crippen LogP contribution in [0.5, 0.6) is 0 Å². The lowest BCUT2D eigenvalue weighted by Gasteiger charge is -2.54. The van der Waals surface area contributed by atoms with E-state index in [9.17, 15) is 9.59 Å². The van der Waals surface area contributed by atoms with Gasteiger partial charge in [0.15, 0.2) is 0 Å². The number of nitrogens with zero attached hydrogens (tertiary/aromatic N) is 2. The van der Waals surface area contributed by atoms with Crippen molar-refractivity contribution in [3.05, 3.63) is 0 Å². The van der Waals surface area contributed by atoms with Crippen molar-refractivity contribution in [3.8, 4) is 0 Å². The van der Waals surface area contributed by atoms with Crippen LogP contribution < -0.4 is 0 Å². The number of carbonyl (C=O) groups is 2. The van der Waals surface area contributed by atoms with Crippen molar-refractivity contribution in [1.82, 2.24) is 9.80 Å². The number of ether oxygens (including phenoxy) is 2. The van der Waals surface area contributed by atoms with E-state index in [-0.39, 0.29) is 12.5 Å². The first-order chi connectivity index (χ1) is 10.1. The van der Waals surface area contributed by atoms with Crippen molar-refractivity contribution in [2.45, 2.75) is 44.8 Å². The maximum atomic E-state index is 12.0. The molecule has 0 saturated carbocycles. The third-order valence-electron chi connectivity index (χ3n) is 3.75. The van der Waals surface area contributed by atoms with Gasteiger partial charge in [-0.25, -0.2) is 4.79 Å². The molecule has 0 aliphatic carbocycles. The molecule has 0 aromatic carbocycles. The molecule has 7 nitrogen and oxygen atoms in total. The van der Waals surface area contributed by atoms with E-state index in [1.807, 2.05) is 32.7 Å². The van der Waals surface area contributed by atoms with Crippen molar-refractivity contribution in [2.24, 2.45) is 0 Å². The summed E-state index contributed by atoms with van der Waals surface area (Å²) < 4.78 is 10.3. The molecule has 0 aromatic rings. The van der Waals surface area contributed by atoms with Crippen molar-refractivity contribution < 1.29 is 24.2 Å². The molecule has 1 aliphatic rings. The van der Waals surface area contributed by atoms with Gasteiger partial charge >= 0.3 is 12.1 Å². The summed E-state index contributed by atoms with van der Waals surface area (Å²) in [7, 11) is 3.53. The number of hydrogen-bond donors (Lipinski definition) is 1. The van der Waals surface area contributed by atoms with Crippen molar-refractivity contribution >= 4 is 12.1 Å². The van der Waals surface area contributed by atoms with Crippen LogP contribution in [0.3, 0.4) is 0 Å². The van der Waals surface area contributed by atoms with Crippen LogP contribution >= 0.6 is 0 Å². The van der Waals surface area contributed by atoms with Crippen LogP contribution in [-0.4, -0.2) is 78.5 Å². The van der Waals surface area contributed by atoms with Gasteiger partial charge in [0.2, 0.25) is 0 Å². The Hall–Kier alpha value is -1.34. The number of hydrogen-bond acceptors (Lipinski definition) is 5. The summed E-state index contributed by atoms with van der Waals surface area (Å²) in [6, 6.07) is 0. The molecule has 0 atom stereocenters. The second-order valence-corrected chi connectivity index (χ2v) is 6.90. The summed E-state index contributed by atoms with van der Waals surface area (Å²) >= 11 is 0. The number of aliphatic carboxylic acids is 1. The predicted octanol–water partition coefficient (Wildman–Crippen LogP) is 1.42. The Morgan fingerprint density at radius 2 is 1.91 bits per heavy atom. The molecule has 1 rings (SSSR count). The average Bonchev–Trinajstić information content (AvgIpc) is 2.30. The molecule has 1 N–H and O–H groups in total. The molecule has 22 heavy (non-hydrogen) atoms. The van der Waals surface area contributed by atoms with E-state index in [4.69, 9.17) is 14.6 Å². The van der Waals surface area contributed by atoms with E-state index in [2.05, 4.69) is 0 Å². The highest BCUT2D eigenvalue weighted by molar-refractivity contribution is 5.73. The van der Waals surface area contributed by atoms with E-state index in [0.29, 0.717) is 19.7 Å². The number of rotatable bonds is 7. The summed E-state index contributed by atoms with van der Waals surface area (Å²) in [6.45, 7) is 7.53. The highest BCUT2D eigenvalue weighted by Crippen LogP contribution is 2.32. The third kappa shape index (κ3) is 5.14. The van der Waals surface area contributed by atoms with E-state index < -0.39 is 17.1 Å². The van der Waals surface area contributed by atoms with E-state index in [1.54, 1.807) is 12.0 Å². The van der Waals surface area contributed by atoms with Gasteiger partial charge in [-0.1, -0.05) is 0 Å². The molecule has 0 unspecified atom stereocenters. The topological polar surface area (TPSA) is 79.3 Å². The fourth-order valence-corrected chi connectivity index (χ4v) is 2.57. The smallest absolute Gasteiger partial charge is 0.410 e. The lowest BCUT2D eigenvalue weighted by Crippen LogP contribution is -2.71. The fraction of sp³-hybridized carbons (Fsp3) is 0.867. The van der Waals surface area contributed by atoms with Gasteiger partial charge in [-0.2, -0.15) is 0 Å². The number of methoxy groups -OCH3 is 1. The zero-order valence-electron chi connectivity index (χ0n) is 14.2. The minimum atomic E-state index is -0.859. The molecular weight excluding hydrogens is 288 g/mol. The monoisotopic (exact) mass is 316 g/mol. The molecule has 1 fully saturated rings. The summed E-state index contributed by atoms with van der Waals surface area (Å²) in [5, 5.41) is 9.16. The lowest BCUT2D eigenvalue weighted by molar-refractivity contribution is -0.145. The highest BCUT2D eigenvalue weighted by atomic mass is 16.6. The SMILES string of the molecule is COCCCN(C)C1(CC(=O)O)CN(C(=O)OC(C)(C)C)C1. The van der Waals surface area contributed by atoms with E-state index in [0.717, 1.165) is 13.0 Å². The quantitative estimate of drug-likeness (QED) is 0.716. The highest BCUT2D eigenvalue weighted by Gasteiger charge is 2.50. The first-order valence-corrected chi connectivity index (χ1v) is 7.49. The Morgan fingerprint density at radius 1 is 1.32 bits per heavy atom. The van der Waals surface area contributed by atoms with Crippen molar-refractivity contribution in [2.75, 3.05) is 40.4 Å². The Balaban J connectivity index is 2.62. The molecule has 0 aromatic heterocycles. The molecule has 1 amide bonds. The first kappa shape index (κ1) is 18.7. The van der Waals surface area contributed by atoms with E-state index >= 15 is 0 Å². The zero-order chi connectivity index (χ0) is 17.0. The standard InChI is InChI=1S/C15H28N2O5/c1-14(2,3)22-13(20)17-10-15(11-17,9-12(18)19)16(4)7-6-8-21-5/h6-11H2,1-5H3,(H,18,19). The fourth-order valence-electron chi connectivity index (χ4n) is 2.57. The molecule has 7 heteroatoms. The lowest BCUT2D eigenvalue weighted by atomic mass is 9.84. The molecule has 128 valence electrons.